The van der Waals surface area contributed by atoms with Crippen LogP contribution in [0.5, 0.6) is 0 Å². The topological polar surface area (TPSA) is 41.6 Å². The normalized spacial score (nSPS) is 11.6. The van der Waals surface area contributed by atoms with Crippen molar-refractivity contribution in [3.63, 3.8) is 0 Å². The van der Waals surface area contributed by atoms with Crippen molar-refractivity contribution in [1.82, 2.24) is 15.0 Å². The van der Waals surface area contributed by atoms with Crippen LogP contribution in [0.15, 0.2) is 42.9 Å². The minimum atomic E-state index is 1.01. The Hall–Kier alpha value is -2.42. The van der Waals surface area contributed by atoms with Crippen LogP contribution in [0.2, 0.25) is 0 Å². The smallest absolute Gasteiger partial charge is 0.116 e. The fourth-order valence-electron chi connectivity index (χ4n) is 2.55. The maximum absolute atomic E-state index is 4.43. The van der Waals surface area contributed by atoms with Crippen molar-refractivity contribution in [1.29, 1.82) is 0 Å². The Morgan fingerprint density at radius 1 is 1.06 bits per heavy atom. The van der Waals surface area contributed by atoms with Gasteiger partial charge in [-0.05, 0) is 31.2 Å². The van der Waals surface area contributed by atoms with Gasteiger partial charge in [0.2, 0.25) is 0 Å². The Labute approximate surface area is 103 Å². The van der Waals surface area contributed by atoms with E-state index >= 15 is 0 Å². The van der Waals surface area contributed by atoms with E-state index in [9.17, 15) is 0 Å². The van der Waals surface area contributed by atoms with E-state index in [1.165, 1.54) is 16.3 Å². The van der Waals surface area contributed by atoms with Crippen LogP contribution in [-0.4, -0.2) is 15.0 Å². The Kier molecular flexibility index (Phi) is 1.75. The predicted octanol–water partition coefficient (Wildman–Crippen LogP) is 3.57. The van der Waals surface area contributed by atoms with Crippen LogP contribution in [0.3, 0.4) is 0 Å². The Balaban J connectivity index is 2.35. The first-order valence-corrected chi connectivity index (χ1v) is 5.94. The molecule has 2 heterocycles. The van der Waals surface area contributed by atoms with Crippen LogP contribution in [0.25, 0.3) is 32.7 Å². The maximum atomic E-state index is 4.43. The standard InChI is InChI=1S/C15H11N3/c1-9-2-4-12-11(6-9)14-13(18-12)5-3-10-7-16-8-17-15(10)14/h2-8,18H,1H3. The predicted molar refractivity (Wildman–Crippen MR) is 73.6 cm³/mol. The molecule has 3 nitrogen and oxygen atoms in total. The lowest BCUT2D eigenvalue weighted by molar-refractivity contribution is 1.23. The van der Waals surface area contributed by atoms with Crippen LogP contribution >= 0.6 is 0 Å². The molecule has 0 spiro atoms. The van der Waals surface area contributed by atoms with E-state index in [-0.39, 0.29) is 0 Å². The van der Waals surface area contributed by atoms with Gasteiger partial charge in [0.05, 0.1) is 5.52 Å². The zero-order chi connectivity index (χ0) is 12.1. The van der Waals surface area contributed by atoms with E-state index in [4.69, 9.17) is 0 Å². The highest BCUT2D eigenvalue weighted by Crippen LogP contribution is 2.31. The van der Waals surface area contributed by atoms with E-state index in [1.54, 1.807) is 6.33 Å². The molecule has 2 aromatic heterocycles. The molecular formula is C15H11N3. The van der Waals surface area contributed by atoms with Gasteiger partial charge in [-0.1, -0.05) is 11.6 Å². The van der Waals surface area contributed by atoms with Gasteiger partial charge in [-0.3, -0.25) is 0 Å². The van der Waals surface area contributed by atoms with Crippen molar-refractivity contribution in [2.45, 2.75) is 6.92 Å². The second-order valence-electron chi connectivity index (χ2n) is 4.62. The van der Waals surface area contributed by atoms with Gasteiger partial charge in [-0.15, -0.1) is 0 Å². The summed E-state index contributed by atoms with van der Waals surface area (Å²) in [6, 6.07) is 10.6. The van der Waals surface area contributed by atoms with Crippen LogP contribution in [-0.2, 0) is 0 Å². The number of nitrogens with zero attached hydrogens (tertiary/aromatic N) is 2. The van der Waals surface area contributed by atoms with Gasteiger partial charge in [0.25, 0.3) is 0 Å². The van der Waals surface area contributed by atoms with Crippen LogP contribution in [0.1, 0.15) is 5.56 Å². The van der Waals surface area contributed by atoms with Crippen molar-refractivity contribution in [2.75, 3.05) is 0 Å². The number of benzene rings is 2. The minimum absolute atomic E-state index is 1.01. The maximum Gasteiger partial charge on any atom is 0.116 e. The van der Waals surface area contributed by atoms with Gasteiger partial charge in [-0.2, -0.15) is 0 Å². The average Bonchev–Trinajstić information content (AvgIpc) is 2.77. The number of H-pyrrole nitrogens is 1. The van der Waals surface area contributed by atoms with E-state index < -0.39 is 0 Å². The van der Waals surface area contributed by atoms with Crippen LogP contribution in [0.4, 0.5) is 0 Å². The average molecular weight is 233 g/mol. The molecule has 4 rings (SSSR count). The molecule has 0 fully saturated rings. The Bertz CT molecular complexity index is 890. The van der Waals surface area contributed by atoms with E-state index in [1.807, 2.05) is 6.20 Å². The molecule has 0 unspecified atom stereocenters. The molecular weight excluding hydrogens is 222 g/mol. The van der Waals surface area contributed by atoms with Gasteiger partial charge in [0.1, 0.15) is 6.33 Å². The first-order valence-electron chi connectivity index (χ1n) is 5.94. The fraction of sp³-hybridized carbons (Fsp3) is 0.0667. The third-order valence-electron chi connectivity index (χ3n) is 3.39. The summed E-state index contributed by atoms with van der Waals surface area (Å²) < 4.78 is 0. The molecule has 0 saturated carbocycles. The Morgan fingerprint density at radius 2 is 1.94 bits per heavy atom. The van der Waals surface area contributed by atoms with Crippen molar-refractivity contribution < 1.29 is 0 Å². The number of hydrogen-bond donors (Lipinski definition) is 1. The summed E-state index contributed by atoms with van der Waals surface area (Å²) in [5.74, 6) is 0. The van der Waals surface area contributed by atoms with Crippen molar-refractivity contribution in [2.24, 2.45) is 0 Å². The molecule has 0 radical (unpaired) electrons. The number of fused-ring (bicyclic) bond motifs is 5. The first kappa shape index (κ1) is 9.59. The monoisotopic (exact) mass is 233 g/mol. The number of hydrogen-bond acceptors (Lipinski definition) is 2. The molecule has 0 atom stereocenters. The summed E-state index contributed by atoms with van der Waals surface area (Å²) in [4.78, 5) is 11.9. The molecule has 86 valence electrons. The second-order valence-corrected chi connectivity index (χ2v) is 4.62. The van der Waals surface area contributed by atoms with Crippen molar-refractivity contribution in [3.8, 4) is 0 Å². The summed E-state index contributed by atoms with van der Waals surface area (Å²) >= 11 is 0. The highest BCUT2D eigenvalue weighted by atomic mass is 14.8. The van der Waals surface area contributed by atoms with Gasteiger partial charge in [-0.25, -0.2) is 9.97 Å². The molecule has 4 aromatic rings. The molecule has 2 aromatic carbocycles. The summed E-state index contributed by atoms with van der Waals surface area (Å²) in [5.41, 5.74) is 4.55. The third kappa shape index (κ3) is 1.19. The van der Waals surface area contributed by atoms with Crippen LogP contribution in [0, 0.1) is 6.92 Å². The lowest BCUT2D eigenvalue weighted by Gasteiger charge is -1.98. The molecule has 0 amide bonds. The number of aromatic amines is 1. The molecule has 0 bridgehead atoms. The molecule has 0 aliphatic rings. The fourth-order valence-corrected chi connectivity index (χ4v) is 2.55. The highest BCUT2D eigenvalue weighted by Gasteiger charge is 2.08. The number of rotatable bonds is 0. The van der Waals surface area contributed by atoms with Gasteiger partial charge in [0.15, 0.2) is 0 Å². The van der Waals surface area contributed by atoms with Crippen molar-refractivity contribution >= 4 is 32.7 Å². The number of nitrogens with one attached hydrogen (secondary N) is 1. The van der Waals surface area contributed by atoms with Gasteiger partial charge >= 0.3 is 0 Å². The quantitative estimate of drug-likeness (QED) is 0.504. The molecule has 0 saturated heterocycles. The molecule has 1 N–H and O–H groups in total. The van der Waals surface area contributed by atoms with Gasteiger partial charge < -0.3 is 4.98 Å². The van der Waals surface area contributed by atoms with E-state index in [2.05, 4.69) is 52.2 Å². The zero-order valence-electron chi connectivity index (χ0n) is 9.94. The summed E-state index contributed by atoms with van der Waals surface area (Å²) in [6.07, 6.45) is 3.47. The minimum Gasteiger partial charge on any atom is -0.354 e. The van der Waals surface area contributed by atoms with Crippen molar-refractivity contribution in [3.05, 3.63) is 48.4 Å². The second kappa shape index (κ2) is 3.29. The molecule has 0 aliphatic carbocycles. The highest BCUT2D eigenvalue weighted by molar-refractivity contribution is 6.18. The number of aromatic nitrogens is 3. The van der Waals surface area contributed by atoms with Gasteiger partial charge in [0, 0.05) is 33.4 Å². The third-order valence-corrected chi connectivity index (χ3v) is 3.39. The largest absolute Gasteiger partial charge is 0.354 e. The van der Waals surface area contributed by atoms with Crippen LogP contribution < -0.4 is 0 Å². The summed E-state index contributed by atoms with van der Waals surface area (Å²) in [5, 5.41) is 3.50. The number of aryl methyl sites for hydroxylation is 1. The van der Waals surface area contributed by atoms with E-state index in [0.717, 1.165) is 21.9 Å². The zero-order valence-corrected chi connectivity index (χ0v) is 9.94. The molecule has 3 heteroatoms. The molecule has 0 aliphatic heterocycles. The summed E-state index contributed by atoms with van der Waals surface area (Å²) in [6.45, 7) is 2.11. The molecule has 18 heavy (non-hydrogen) atoms. The van der Waals surface area contributed by atoms with E-state index in [0.29, 0.717) is 0 Å². The summed E-state index contributed by atoms with van der Waals surface area (Å²) in [7, 11) is 0. The first-order chi connectivity index (χ1) is 8.83. The lowest BCUT2D eigenvalue weighted by Crippen LogP contribution is -1.81. The lowest BCUT2D eigenvalue weighted by atomic mass is 10.1. The SMILES string of the molecule is Cc1ccc2[nH]c3ccc4cncnc4c3c2c1. The Morgan fingerprint density at radius 3 is 2.89 bits per heavy atom.